The molecule has 1 atom stereocenters. The lowest BCUT2D eigenvalue weighted by Gasteiger charge is -2.09. The fourth-order valence-electron chi connectivity index (χ4n) is 1.87. The van der Waals surface area contributed by atoms with Gasteiger partial charge in [0.05, 0.1) is 18.3 Å². The monoisotopic (exact) mass is 260 g/mol. The first-order chi connectivity index (χ1) is 8.79. The number of aromatic nitrogens is 3. The van der Waals surface area contributed by atoms with Crippen LogP contribution >= 0.6 is 11.3 Å². The quantitative estimate of drug-likeness (QED) is 0.844. The third kappa shape index (κ3) is 1.69. The van der Waals surface area contributed by atoms with Crippen LogP contribution in [0.1, 0.15) is 0 Å². The molecule has 0 aromatic carbocycles. The van der Waals surface area contributed by atoms with Gasteiger partial charge in [0, 0.05) is 16.5 Å². The molecule has 18 heavy (non-hydrogen) atoms. The van der Waals surface area contributed by atoms with Gasteiger partial charge in [0.1, 0.15) is 6.07 Å². The fraction of sp³-hybridized carbons (Fsp3) is 0.0833. The fourth-order valence-corrected chi connectivity index (χ4v) is 2.95. The van der Waals surface area contributed by atoms with Crippen LogP contribution in [0.2, 0.25) is 0 Å². The van der Waals surface area contributed by atoms with Crippen LogP contribution in [0, 0.1) is 11.3 Å². The van der Waals surface area contributed by atoms with E-state index < -0.39 is 11.3 Å². The number of hydrogen-bond acceptors (Lipinski definition) is 3. The molecule has 0 saturated heterocycles. The van der Waals surface area contributed by atoms with Crippen LogP contribution in [0.3, 0.4) is 0 Å². The first kappa shape index (κ1) is 11.0. The van der Waals surface area contributed by atoms with Gasteiger partial charge in [-0.1, -0.05) is 11.3 Å². The summed E-state index contributed by atoms with van der Waals surface area (Å²) in [5.41, 5.74) is 1.11. The molecule has 0 N–H and O–H groups in total. The maximum absolute atomic E-state index is 13.7. The molecule has 1 aliphatic heterocycles. The molecule has 0 aliphatic carbocycles. The molecule has 90 valence electrons. The van der Waals surface area contributed by atoms with Gasteiger partial charge in [0.2, 0.25) is 0 Å². The zero-order valence-corrected chi connectivity index (χ0v) is 10.2. The molecule has 1 aliphatic rings. The summed E-state index contributed by atoms with van der Waals surface area (Å²) in [7, 11) is 0. The third-order valence-corrected chi connectivity index (χ3v) is 4.07. The number of rotatable bonds is 2. The van der Waals surface area contributed by atoms with E-state index in [1.807, 2.05) is 18.2 Å². The van der Waals surface area contributed by atoms with Gasteiger partial charge in [0.15, 0.2) is 5.65 Å². The molecule has 1 unspecified atom stereocenters. The Balaban J connectivity index is 2.01. The first-order valence-corrected chi connectivity index (χ1v) is 6.63. The van der Waals surface area contributed by atoms with E-state index >= 15 is 0 Å². The van der Waals surface area contributed by atoms with Gasteiger partial charge in [-0.25, -0.2) is 9.67 Å². The summed E-state index contributed by atoms with van der Waals surface area (Å²) in [6, 6.07) is 5.74. The Bertz CT molecular complexity index is 710. The molecule has 0 bridgehead atoms. The van der Waals surface area contributed by atoms with Crippen molar-refractivity contribution in [3.63, 3.8) is 0 Å². The molecule has 6 heteroatoms. The predicted octanol–water partition coefficient (Wildman–Crippen LogP) is 2.62. The van der Waals surface area contributed by atoms with E-state index in [4.69, 9.17) is 5.26 Å². The number of fused-ring (bicyclic) bond motifs is 1. The van der Waals surface area contributed by atoms with E-state index in [0.717, 1.165) is 5.39 Å². The summed E-state index contributed by atoms with van der Waals surface area (Å²) in [4.78, 5) is 4.72. The van der Waals surface area contributed by atoms with Gasteiger partial charge in [-0.2, -0.15) is 14.2 Å². The van der Waals surface area contributed by atoms with Gasteiger partial charge in [0.25, 0.3) is 0 Å². The van der Waals surface area contributed by atoms with Crippen LogP contribution < -0.4 is 0 Å². The van der Waals surface area contributed by atoms with E-state index in [1.54, 1.807) is 23.2 Å². The molecular weight excluding hydrogens is 251 g/mol. The van der Waals surface area contributed by atoms with Crippen LogP contribution in [0.4, 0.5) is 3.89 Å². The number of halogens is 1. The van der Waals surface area contributed by atoms with Crippen molar-refractivity contribution in [1.82, 2.24) is 14.8 Å². The van der Waals surface area contributed by atoms with Crippen LogP contribution in [-0.4, -0.2) is 14.8 Å². The Labute approximate surface area is 106 Å². The minimum atomic E-state index is -1.85. The maximum Gasteiger partial charge on any atom is 0.158 e. The SMILES string of the molecule is N#CC1=C(Cn2ncc3cccnc32)[SH](F)C=C1. The lowest BCUT2D eigenvalue weighted by atomic mass is 10.3. The highest BCUT2D eigenvalue weighted by Crippen LogP contribution is 2.45. The molecular formula is C12H9FN4S. The third-order valence-electron chi connectivity index (χ3n) is 2.76. The van der Waals surface area contributed by atoms with E-state index in [9.17, 15) is 3.89 Å². The van der Waals surface area contributed by atoms with E-state index in [2.05, 4.69) is 10.1 Å². The average Bonchev–Trinajstić information content (AvgIpc) is 2.96. The van der Waals surface area contributed by atoms with Crippen LogP contribution in [-0.2, 0) is 6.54 Å². The van der Waals surface area contributed by atoms with Gasteiger partial charge in [-0.15, -0.1) is 0 Å². The summed E-state index contributed by atoms with van der Waals surface area (Å²) < 4.78 is 15.4. The highest BCUT2D eigenvalue weighted by Gasteiger charge is 2.18. The van der Waals surface area contributed by atoms with Crippen LogP contribution in [0.5, 0.6) is 0 Å². The van der Waals surface area contributed by atoms with Crippen molar-refractivity contribution in [2.45, 2.75) is 6.54 Å². The number of allylic oxidation sites excluding steroid dienone is 3. The summed E-state index contributed by atoms with van der Waals surface area (Å²) in [6.45, 7) is 0.276. The Morgan fingerprint density at radius 1 is 1.50 bits per heavy atom. The Morgan fingerprint density at radius 3 is 3.22 bits per heavy atom. The molecule has 0 saturated carbocycles. The largest absolute Gasteiger partial charge is 0.242 e. The molecule has 0 radical (unpaired) electrons. The second-order valence-electron chi connectivity index (χ2n) is 3.82. The summed E-state index contributed by atoms with van der Waals surface area (Å²) in [5, 5.41) is 15.5. The topological polar surface area (TPSA) is 54.5 Å². The zero-order valence-electron chi connectivity index (χ0n) is 9.29. The molecule has 3 rings (SSSR count). The summed E-state index contributed by atoms with van der Waals surface area (Å²) in [5.74, 6) is 0. The molecule has 0 amide bonds. The van der Waals surface area contributed by atoms with Crippen molar-refractivity contribution >= 4 is 22.3 Å². The average molecular weight is 260 g/mol. The van der Waals surface area contributed by atoms with Crippen molar-refractivity contribution in [3.05, 3.63) is 46.5 Å². The van der Waals surface area contributed by atoms with E-state index in [0.29, 0.717) is 16.1 Å². The lowest BCUT2D eigenvalue weighted by Crippen LogP contribution is -2.03. The number of nitrogens with zero attached hydrogens (tertiary/aromatic N) is 4. The minimum absolute atomic E-state index is 0.276. The molecule has 0 spiro atoms. The van der Waals surface area contributed by atoms with Gasteiger partial charge in [-0.3, -0.25) is 0 Å². The van der Waals surface area contributed by atoms with Crippen molar-refractivity contribution in [2.75, 3.05) is 0 Å². The Kier molecular flexibility index (Phi) is 2.61. The normalized spacial score (nSPS) is 20.6. The van der Waals surface area contributed by atoms with Crippen LogP contribution in [0.15, 0.2) is 46.5 Å². The summed E-state index contributed by atoms with van der Waals surface area (Å²) in [6.07, 6.45) is 4.91. The van der Waals surface area contributed by atoms with Gasteiger partial charge >= 0.3 is 0 Å². The smallest absolute Gasteiger partial charge is 0.158 e. The minimum Gasteiger partial charge on any atom is -0.242 e. The zero-order chi connectivity index (χ0) is 12.5. The number of thiol groups is 1. The second kappa shape index (κ2) is 4.27. The number of pyridine rings is 1. The molecule has 2 aromatic heterocycles. The van der Waals surface area contributed by atoms with Crippen molar-refractivity contribution in [1.29, 1.82) is 5.26 Å². The predicted molar refractivity (Wildman–Crippen MR) is 69.4 cm³/mol. The Hall–Kier alpha value is -2.13. The van der Waals surface area contributed by atoms with Crippen molar-refractivity contribution in [2.24, 2.45) is 0 Å². The van der Waals surface area contributed by atoms with Crippen molar-refractivity contribution in [3.8, 4) is 6.07 Å². The van der Waals surface area contributed by atoms with Crippen molar-refractivity contribution < 1.29 is 3.89 Å². The number of nitriles is 1. The van der Waals surface area contributed by atoms with Gasteiger partial charge < -0.3 is 0 Å². The van der Waals surface area contributed by atoms with Crippen LogP contribution in [0.25, 0.3) is 11.0 Å². The molecule has 2 aromatic rings. The number of hydrogen-bond donors (Lipinski definition) is 1. The highest BCUT2D eigenvalue weighted by molar-refractivity contribution is 8.18. The second-order valence-corrected chi connectivity index (χ2v) is 5.28. The standard InChI is InChI=1S/C12H9FN4S/c13-18-5-3-9(6-14)11(18)8-17-12-10(7-16-17)2-1-4-15-12/h1-5,7,18H,8H2. The lowest BCUT2D eigenvalue weighted by molar-refractivity contribution is 0.709. The molecule has 3 heterocycles. The first-order valence-electron chi connectivity index (χ1n) is 5.32. The summed E-state index contributed by atoms with van der Waals surface area (Å²) >= 11 is -1.85. The molecule has 0 fully saturated rings. The molecule has 4 nitrogen and oxygen atoms in total. The van der Waals surface area contributed by atoms with E-state index in [1.165, 1.54) is 5.41 Å². The van der Waals surface area contributed by atoms with Gasteiger partial charge in [-0.05, 0) is 23.6 Å². The highest BCUT2D eigenvalue weighted by atomic mass is 32.2. The van der Waals surface area contributed by atoms with E-state index in [-0.39, 0.29) is 6.54 Å². The maximum atomic E-state index is 13.7. The Morgan fingerprint density at radius 2 is 2.39 bits per heavy atom.